The zero-order valence-corrected chi connectivity index (χ0v) is 10.5. The Kier molecular flexibility index (Phi) is 4.39. The lowest BCUT2D eigenvalue weighted by molar-refractivity contribution is 0.512. The summed E-state index contributed by atoms with van der Waals surface area (Å²) in [6.07, 6.45) is 9.22. The van der Waals surface area contributed by atoms with Gasteiger partial charge in [0.1, 0.15) is 0 Å². The van der Waals surface area contributed by atoms with Gasteiger partial charge in [-0.25, -0.2) is 0 Å². The number of nitrogens with two attached hydrogens (primary N) is 1. The Labute approximate surface area is 107 Å². The van der Waals surface area contributed by atoms with Gasteiger partial charge in [-0.3, -0.25) is 21.2 Å². The number of aromatic nitrogens is 2. The van der Waals surface area contributed by atoms with E-state index in [0.29, 0.717) is 0 Å². The number of nitrogens with zero attached hydrogens (tertiary/aromatic N) is 2. The summed E-state index contributed by atoms with van der Waals surface area (Å²) in [6, 6.07) is 6.16. The molecule has 0 saturated heterocycles. The largest absolute Gasteiger partial charge is 0.271 e. The molecule has 4 nitrogen and oxygen atoms in total. The molecule has 2 heterocycles. The molecule has 4 heteroatoms. The van der Waals surface area contributed by atoms with E-state index in [1.54, 1.807) is 12.4 Å². The number of nitrogens with one attached hydrogen (secondary N) is 1. The van der Waals surface area contributed by atoms with Gasteiger partial charge in [0.05, 0.1) is 0 Å². The molecule has 1 unspecified atom stereocenters. The maximum Gasteiger partial charge on any atom is 0.0481 e. The third-order valence-corrected chi connectivity index (χ3v) is 3.10. The first-order valence-electron chi connectivity index (χ1n) is 6.07. The van der Waals surface area contributed by atoms with Crippen LogP contribution in [0.25, 0.3) is 0 Å². The molecule has 2 aromatic rings. The molecule has 18 heavy (non-hydrogen) atoms. The minimum Gasteiger partial charge on any atom is -0.271 e. The minimum absolute atomic E-state index is 0.124. The average Bonchev–Trinajstić information content (AvgIpc) is 2.42. The van der Waals surface area contributed by atoms with Crippen LogP contribution in [0.1, 0.15) is 29.2 Å². The molecule has 0 radical (unpaired) electrons. The molecule has 0 aromatic carbocycles. The van der Waals surface area contributed by atoms with Crippen molar-refractivity contribution >= 4 is 0 Å². The molecular formula is C14H18N4. The highest BCUT2D eigenvalue weighted by Gasteiger charge is 2.12. The van der Waals surface area contributed by atoms with Gasteiger partial charge in [-0.1, -0.05) is 6.07 Å². The number of rotatable bonds is 5. The van der Waals surface area contributed by atoms with Gasteiger partial charge in [-0.2, -0.15) is 0 Å². The van der Waals surface area contributed by atoms with Crippen LogP contribution in [0.2, 0.25) is 0 Å². The van der Waals surface area contributed by atoms with Crippen LogP contribution >= 0.6 is 0 Å². The van der Waals surface area contributed by atoms with Crippen molar-refractivity contribution in [2.45, 2.75) is 25.8 Å². The van der Waals surface area contributed by atoms with Crippen molar-refractivity contribution in [1.82, 2.24) is 15.4 Å². The van der Waals surface area contributed by atoms with Crippen LogP contribution in [0.15, 0.2) is 43.0 Å². The molecule has 0 aliphatic rings. The molecule has 0 spiro atoms. The van der Waals surface area contributed by atoms with Crippen LogP contribution in [0, 0.1) is 6.92 Å². The molecule has 0 aliphatic carbocycles. The molecule has 2 aromatic heterocycles. The molecule has 1 atom stereocenters. The lowest BCUT2D eigenvalue weighted by Gasteiger charge is -2.17. The SMILES string of the molecule is Cc1ccncc1C(CCc1cccnc1)NN. The summed E-state index contributed by atoms with van der Waals surface area (Å²) in [5, 5.41) is 0. The van der Waals surface area contributed by atoms with E-state index in [9.17, 15) is 0 Å². The maximum atomic E-state index is 5.64. The predicted molar refractivity (Wildman–Crippen MR) is 71.6 cm³/mol. The fourth-order valence-corrected chi connectivity index (χ4v) is 2.03. The van der Waals surface area contributed by atoms with Crippen molar-refractivity contribution in [2.24, 2.45) is 5.84 Å². The summed E-state index contributed by atoms with van der Waals surface area (Å²) in [4.78, 5) is 8.28. The number of hydrazine groups is 1. The van der Waals surface area contributed by atoms with Crippen molar-refractivity contribution in [1.29, 1.82) is 0 Å². The summed E-state index contributed by atoms with van der Waals surface area (Å²) < 4.78 is 0. The number of hydrogen-bond donors (Lipinski definition) is 2. The van der Waals surface area contributed by atoms with E-state index in [2.05, 4.69) is 28.4 Å². The van der Waals surface area contributed by atoms with Crippen LogP contribution in [0.5, 0.6) is 0 Å². The fraction of sp³-hybridized carbons (Fsp3) is 0.286. The second-order valence-corrected chi connectivity index (χ2v) is 4.35. The van der Waals surface area contributed by atoms with Crippen molar-refractivity contribution in [2.75, 3.05) is 0 Å². The highest BCUT2D eigenvalue weighted by Crippen LogP contribution is 2.20. The summed E-state index contributed by atoms with van der Waals surface area (Å²) in [5.74, 6) is 5.64. The molecule has 0 amide bonds. The minimum atomic E-state index is 0.124. The summed E-state index contributed by atoms with van der Waals surface area (Å²) in [7, 11) is 0. The standard InChI is InChI=1S/C14H18N4/c1-11-6-8-17-10-13(11)14(18-15)5-4-12-3-2-7-16-9-12/h2-3,6-10,14,18H,4-5,15H2,1H3. The highest BCUT2D eigenvalue weighted by molar-refractivity contribution is 5.25. The lowest BCUT2D eigenvalue weighted by atomic mass is 9.98. The van der Waals surface area contributed by atoms with Gasteiger partial charge in [0, 0.05) is 30.8 Å². The molecule has 0 saturated carbocycles. The summed E-state index contributed by atoms with van der Waals surface area (Å²) in [6.45, 7) is 2.07. The Balaban J connectivity index is 2.04. The van der Waals surface area contributed by atoms with E-state index in [4.69, 9.17) is 5.84 Å². The third-order valence-electron chi connectivity index (χ3n) is 3.10. The van der Waals surface area contributed by atoms with E-state index in [1.807, 2.05) is 24.5 Å². The first kappa shape index (κ1) is 12.7. The van der Waals surface area contributed by atoms with Crippen LogP contribution < -0.4 is 11.3 Å². The second-order valence-electron chi connectivity index (χ2n) is 4.35. The van der Waals surface area contributed by atoms with Gasteiger partial charge in [0.15, 0.2) is 0 Å². The van der Waals surface area contributed by atoms with Gasteiger partial charge in [0.25, 0.3) is 0 Å². The van der Waals surface area contributed by atoms with Gasteiger partial charge < -0.3 is 0 Å². The summed E-state index contributed by atoms with van der Waals surface area (Å²) >= 11 is 0. The smallest absolute Gasteiger partial charge is 0.0481 e. The predicted octanol–water partition coefficient (Wildman–Crippen LogP) is 1.92. The second kappa shape index (κ2) is 6.23. The zero-order chi connectivity index (χ0) is 12.8. The molecular weight excluding hydrogens is 224 g/mol. The van der Waals surface area contributed by atoms with Crippen LogP contribution in [0.4, 0.5) is 0 Å². The Morgan fingerprint density at radius 2 is 2.06 bits per heavy atom. The monoisotopic (exact) mass is 242 g/mol. The number of pyridine rings is 2. The number of aryl methyl sites for hydroxylation is 2. The van der Waals surface area contributed by atoms with Crippen molar-refractivity contribution < 1.29 is 0 Å². The Bertz CT molecular complexity index is 484. The highest BCUT2D eigenvalue weighted by atomic mass is 15.2. The van der Waals surface area contributed by atoms with Crippen molar-refractivity contribution in [3.8, 4) is 0 Å². The van der Waals surface area contributed by atoms with Gasteiger partial charge in [0.2, 0.25) is 0 Å². The normalized spacial score (nSPS) is 12.3. The first-order valence-corrected chi connectivity index (χ1v) is 6.07. The third kappa shape index (κ3) is 3.12. The molecule has 3 N–H and O–H groups in total. The Morgan fingerprint density at radius 3 is 2.72 bits per heavy atom. The lowest BCUT2D eigenvalue weighted by Crippen LogP contribution is -2.29. The molecule has 0 fully saturated rings. The van der Waals surface area contributed by atoms with Crippen LogP contribution in [0.3, 0.4) is 0 Å². The van der Waals surface area contributed by atoms with Gasteiger partial charge in [-0.05, 0) is 48.6 Å². The first-order chi connectivity index (χ1) is 8.81. The van der Waals surface area contributed by atoms with Gasteiger partial charge in [-0.15, -0.1) is 0 Å². The average molecular weight is 242 g/mol. The Hall–Kier alpha value is -1.78. The van der Waals surface area contributed by atoms with Crippen LogP contribution in [-0.2, 0) is 6.42 Å². The number of hydrogen-bond acceptors (Lipinski definition) is 4. The van der Waals surface area contributed by atoms with E-state index in [-0.39, 0.29) is 6.04 Å². The van der Waals surface area contributed by atoms with E-state index < -0.39 is 0 Å². The molecule has 94 valence electrons. The van der Waals surface area contributed by atoms with Crippen LogP contribution in [-0.4, -0.2) is 9.97 Å². The zero-order valence-electron chi connectivity index (χ0n) is 10.5. The van der Waals surface area contributed by atoms with Crippen molar-refractivity contribution in [3.05, 3.63) is 59.7 Å². The van der Waals surface area contributed by atoms with Crippen molar-refractivity contribution in [3.63, 3.8) is 0 Å². The van der Waals surface area contributed by atoms with E-state index in [0.717, 1.165) is 18.4 Å². The molecule has 2 rings (SSSR count). The van der Waals surface area contributed by atoms with Gasteiger partial charge >= 0.3 is 0 Å². The topological polar surface area (TPSA) is 63.8 Å². The van der Waals surface area contributed by atoms with E-state index >= 15 is 0 Å². The molecule has 0 bridgehead atoms. The summed E-state index contributed by atoms with van der Waals surface area (Å²) in [5.41, 5.74) is 6.45. The fourth-order valence-electron chi connectivity index (χ4n) is 2.03. The quantitative estimate of drug-likeness (QED) is 0.621. The van der Waals surface area contributed by atoms with E-state index in [1.165, 1.54) is 11.1 Å². The Morgan fingerprint density at radius 1 is 1.22 bits per heavy atom. The molecule has 0 aliphatic heterocycles. The maximum absolute atomic E-state index is 5.64.